The van der Waals surface area contributed by atoms with Crippen molar-refractivity contribution >= 4 is 23.5 Å². The zero-order valence-corrected chi connectivity index (χ0v) is 24.0. The van der Waals surface area contributed by atoms with Crippen molar-refractivity contribution in [3.63, 3.8) is 0 Å². The number of carboxylic acid groups (broad SMARTS) is 1. The van der Waals surface area contributed by atoms with Crippen LogP contribution < -0.4 is 15.0 Å². The van der Waals surface area contributed by atoms with Crippen molar-refractivity contribution < 1.29 is 24.2 Å². The molecule has 0 aliphatic carbocycles. The second kappa shape index (κ2) is 17.5. The highest BCUT2D eigenvalue weighted by Crippen LogP contribution is 2.27. The first-order chi connectivity index (χ1) is 20.0. The van der Waals surface area contributed by atoms with Crippen molar-refractivity contribution in [2.45, 2.75) is 77.7 Å². The van der Waals surface area contributed by atoms with E-state index in [-0.39, 0.29) is 12.5 Å². The van der Waals surface area contributed by atoms with Crippen molar-refractivity contribution in [2.24, 2.45) is 0 Å². The fourth-order valence-corrected chi connectivity index (χ4v) is 4.60. The van der Waals surface area contributed by atoms with Gasteiger partial charge in [0.25, 0.3) is 5.91 Å². The third-order valence-electron chi connectivity index (χ3n) is 6.91. The quantitative estimate of drug-likeness (QED) is 0.130. The average Bonchev–Trinajstić information content (AvgIpc) is 2.99. The van der Waals surface area contributed by atoms with Crippen molar-refractivity contribution in [1.82, 2.24) is 5.32 Å². The van der Waals surface area contributed by atoms with Gasteiger partial charge in [-0.2, -0.15) is 0 Å². The maximum atomic E-state index is 12.6. The summed E-state index contributed by atoms with van der Waals surface area (Å²) in [7, 11) is 0. The molecular weight excluding hydrogens is 516 g/mol. The minimum Gasteiger partial charge on any atom is -0.474 e. The van der Waals surface area contributed by atoms with Crippen molar-refractivity contribution in [3.8, 4) is 11.5 Å². The number of ether oxygens (including phenoxy) is 1. The molecule has 0 bridgehead atoms. The maximum Gasteiger partial charge on any atom is 0.394 e. The Morgan fingerprint density at radius 2 is 1.34 bits per heavy atom. The summed E-state index contributed by atoms with van der Waals surface area (Å²) < 4.78 is 5.85. The van der Waals surface area contributed by atoms with Crippen LogP contribution in [0.4, 0.5) is 5.69 Å². The van der Waals surface area contributed by atoms with Crippen LogP contribution in [-0.4, -0.2) is 29.4 Å². The minimum absolute atomic E-state index is 0.0282. The number of anilines is 1. The van der Waals surface area contributed by atoms with Crippen LogP contribution in [0.25, 0.3) is 0 Å². The highest BCUT2D eigenvalue weighted by molar-refractivity contribution is 6.37. The lowest BCUT2D eigenvalue weighted by molar-refractivity contribution is -0.148. The van der Waals surface area contributed by atoms with Crippen LogP contribution in [0, 0.1) is 0 Å². The number of aliphatic carboxylic acids is 1. The molecule has 0 radical (unpaired) electrons. The summed E-state index contributed by atoms with van der Waals surface area (Å²) in [5.41, 5.74) is 1.61. The highest BCUT2D eigenvalue weighted by atomic mass is 16.5. The molecule has 3 aromatic carbocycles. The molecule has 7 heteroatoms. The number of carboxylic acids is 1. The normalized spacial score (nSPS) is 10.7. The van der Waals surface area contributed by atoms with Gasteiger partial charge in [-0.05, 0) is 48.4 Å². The number of hydrogen-bond donors (Lipinski definition) is 2. The topological polar surface area (TPSA) is 95.9 Å². The molecule has 0 fully saturated rings. The van der Waals surface area contributed by atoms with Gasteiger partial charge in [0.05, 0.1) is 6.54 Å². The van der Waals surface area contributed by atoms with Gasteiger partial charge in [-0.1, -0.05) is 101 Å². The van der Waals surface area contributed by atoms with Crippen molar-refractivity contribution in [3.05, 3.63) is 90.0 Å². The van der Waals surface area contributed by atoms with Gasteiger partial charge in [0.15, 0.2) is 0 Å². The Hall–Kier alpha value is -4.13. The number of nitrogens with zero attached hydrogens (tertiary/aromatic N) is 1. The van der Waals surface area contributed by atoms with Gasteiger partial charge in [-0.3, -0.25) is 14.5 Å². The summed E-state index contributed by atoms with van der Waals surface area (Å²) in [5.74, 6) is -1.65. The van der Waals surface area contributed by atoms with E-state index in [2.05, 4.69) is 12.2 Å². The van der Waals surface area contributed by atoms with Crippen LogP contribution in [0.1, 0.15) is 87.1 Å². The average molecular weight is 559 g/mol. The molecule has 0 saturated heterocycles. The number of carbonyl (C=O) groups is 3. The third-order valence-corrected chi connectivity index (χ3v) is 6.91. The molecule has 0 aromatic heterocycles. The third kappa shape index (κ3) is 11.1. The molecule has 0 saturated carbocycles. The monoisotopic (exact) mass is 558 g/mol. The molecule has 3 rings (SSSR count). The summed E-state index contributed by atoms with van der Waals surface area (Å²) in [6, 6.07) is 22.8. The zero-order chi connectivity index (χ0) is 29.3. The van der Waals surface area contributed by atoms with Crippen molar-refractivity contribution in [1.29, 1.82) is 0 Å². The summed E-state index contributed by atoms with van der Waals surface area (Å²) in [6.45, 7) is 2.90. The van der Waals surface area contributed by atoms with Crippen molar-refractivity contribution in [2.75, 3.05) is 11.4 Å². The van der Waals surface area contributed by atoms with Gasteiger partial charge < -0.3 is 15.2 Å². The lowest BCUT2D eigenvalue weighted by Gasteiger charge is -2.22. The lowest BCUT2D eigenvalue weighted by Crippen LogP contribution is -2.36. The largest absolute Gasteiger partial charge is 0.474 e. The molecule has 3 aromatic rings. The molecule has 0 aliphatic rings. The number of hydrogen-bond acceptors (Lipinski definition) is 4. The first kappa shape index (κ1) is 31.4. The predicted molar refractivity (Wildman–Crippen MR) is 162 cm³/mol. The molecule has 0 heterocycles. The van der Waals surface area contributed by atoms with E-state index in [1.54, 1.807) is 48.5 Å². The van der Waals surface area contributed by atoms with E-state index in [0.717, 1.165) is 12.8 Å². The van der Waals surface area contributed by atoms with E-state index >= 15 is 0 Å². The summed E-state index contributed by atoms with van der Waals surface area (Å²) in [4.78, 5) is 38.0. The lowest BCUT2D eigenvalue weighted by atomic mass is 10.1. The van der Waals surface area contributed by atoms with E-state index in [1.807, 2.05) is 30.3 Å². The van der Waals surface area contributed by atoms with Gasteiger partial charge in [0.1, 0.15) is 11.5 Å². The first-order valence-electron chi connectivity index (χ1n) is 14.7. The SMILES string of the molecule is CCCCCCCCCCCCNC(=O)c1ccc(CN(C(=O)C(=O)O)c2cccc(Oc3ccccc3)c2)cc1. The zero-order valence-electron chi connectivity index (χ0n) is 24.0. The van der Waals surface area contributed by atoms with Crippen LogP contribution in [0.2, 0.25) is 0 Å². The van der Waals surface area contributed by atoms with Gasteiger partial charge in [-0.15, -0.1) is 0 Å². The van der Waals surface area contributed by atoms with Crippen LogP contribution in [0.5, 0.6) is 11.5 Å². The number of rotatable bonds is 17. The van der Waals surface area contributed by atoms with E-state index in [9.17, 15) is 19.5 Å². The van der Waals surface area contributed by atoms with Gasteiger partial charge in [0, 0.05) is 23.9 Å². The molecule has 0 aliphatic heterocycles. The number of amides is 2. The second-order valence-corrected chi connectivity index (χ2v) is 10.2. The summed E-state index contributed by atoms with van der Waals surface area (Å²) in [6.07, 6.45) is 12.5. The maximum absolute atomic E-state index is 12.6. The summed E-state index contributed by atoms with van der Waals surface area (Å²) in [5, 5.41) is 12.4. The number of carbonyl (C=O) groups excluding carboxylic acids is 2. The van der Waals surface area contributed by atoms with Crippen LogP contribution >= 0.6 is 0 Å². The smallest absolute Gasteiger partial charge is 0.394 e. The Labute approximate surface area is 243 Å². The van der Waals surface area contributed by atoms with E-state index in [4.69, 9.17) is 4.74 Å². The van der Waals surface area contributed by atoms with E-state index in [0.29, 0.717) is 34.9 Å². The standard InChI is InChI=1S/C34H42N2O5/c1-2-3-4-5-6-7-8-9-10-14-24-35-32(37)28-22-20-27(21-23-28)26-36(33(38)34(39)40)29-16-15-19-31(25-29)41-30-17-12-11-13-18-30/h11-13,15-23,25H,2-10,14,24,26H2,1H3,(H,35,37)(H,39,40). The first-order valence-corrected chi connectivity index (χ1v) is 14.7. The van der Waals surface area contributed by atoms with E-state index < -0.39 is 11.9 Å². The Kier molecular flexibility index (Phi) is 13.4. The molecular formula is C34H42N2O5. The minimum atomic E-state index is -1.55. The molecule has 7 nitrogen and oxygen atoms in total. The van der Waals surface area contributed by atoms with Gasteiger partial charge >= 0.3 is 11.9 Å². The molecule has 2 N–H and O–H groups in total. The van der Waals surface area contributed by atoms with Crippen LogP contribution in [-0.2, 0) is 16.1 Å². The number of para-hydroxylation sites is 1. The number of benzene rings is 3. The Morgan fingerprint density at radius 3 is 1.98 bits per heavy atom. The van der Waals surface area contributed by atoms with Gasteiger partial charge in [-0.25, -0.2) is 4.79 Å². The number of unbranched alkanes of at least 4 members (excludes halogenated alkanes) is 9. The highest BCUT2D eigenvalue weighted by Gasteiger charge is 2.23. The van der Waals surface area contributed by atoms with E-state index in [1.165, 1.54) is 56.3 Å². The summed E-state index contributed by atoms with van der Waals surface area (Å²) >= 11 is 0. The molecule has 0 atom stereocenters. The van der Waals surface area contributed by atoms with Crippen LogP contribution in [0.15, 0.2) is 78.9 Å². The predicted octanol–water partition coefficient (Wildman–Crippen LogP) is 7.75. The Balaban J connectivity index is 1.50. The molecule has 0 spiro atoms. The molecule has 0 unspecified atom stereocenters. The number of nitrogens with one attached hydrogen (secondary N) is 1. The fraction of sp³-hybridized carbons (Fsp3) is 0.382. The fourth-order valence-electron chi connectivity index (χ4n) is 4.60. The Bertz CT molecular complexity index is 1230. The molecule has 2 amide bonds. The second-order valence-electron chi connectivity index (χ2n) is 10.2. The Morgan fingerprint density at radius 1 is 0.732 bits per heavy atom. The molecule has 41 heavy (non-hydrogen) atoms. The van der Waals surface area contributed by atoms with Crippen LogP contribution in [0.3, 0.4) is 0 Å². The van der Waals surface area contributed by atoms with Gasteiger partial charge in [0.2, 0.25) is 0 Å². The molecule has 218 valence electrons.